The first-order valence-corrected chi connectivity index (χ1v) is 11.3. The van der Waals surface area contributed by atoms with Crippen LogP contribution in [-0.4, -0.2) is 69.3 Å². The average molecular weight is 449 g/mol. The van der Waals surface area contributed by atoms with Gasteiger partial charge in [0.1, 0.15) is 23.6 Å². The summed E-state index contributed by atoms with van der Waals surface area (Å²) in [5, 5.41) is 24.6. The fraction of sp³-hybridized carbons (Fsp3) is 0.435. The van der Waals surface area contributed by atoms with E-state index < -0.39 is 0 Å². The van der Waals surface area contributed by atoms with Crippen LogP contribution in [0.3, 0.4) is 0 Å². The van der Waals surface area contributed by atoms with E-state index in [4.69, 9.17) is 20.3 Å². The molecule has 10 heteroatoms. The average Bonchev–Trinajstić information content (AvgIpc) is 3.59. The van der Waals surface area contributed by atoms with Gasteiger partial charge in [-0.05, 0) is 44.9 Å². The molecule has 0 bridgehead atoms. The van der Waals surface area contributed by atoms with Gasteiger partial charge in [0.25, 0.3) is 6.02 Å². The third-order valence-electron chi connectivity index (χ3n) is 5.85. The van der Waals surface area contributed by atoms with Gasteiger partial charge in [0, 0.05) is 43.5 Å². The van der Waals surface area contributed by atoms with Gasteiger partial charge in [-0.15, -0.1) is 0 Å². The number of rotatable bonds is 5. The lowest BCUT2D eigenvalue weighted by atomic mass is 10.1. The number of ether oxygens (including phenoxy) is 2. The van der Waals surface area contributed by atoms with E-state index in [2.05, 4.69) is 25.1 Å². The molecule has 0 unspecified atom stereocenters. The van der Waals surface area contributed by atoms with Gasteiger partial charge in [0.2, 0.25) is 0 Å². The second-order valence-electron chi connectivity index (χ2n) is 8.73. The van der Waals surface area contributed by atoms with Crippen molar-refractivity contribution in [1.29, 1.82) is 10.8 Å². The van der Waals surface area contributed by atoms with Gasteiger partial charge in [-0.25, -0.2) is 9.97 Å². The molecule has 2 aliphatic rings. The Bertz CT molecular complexity index is 1180. The Labute approximate surface area is 191 Å². The number of hydrogen-bond acceptors (Lipinski definition) is 8. The Morgan fingerprint density at radius 1 is 1.09 bits per heavy atom. The van der Waals surface area contributed by atoms with Crippen molar-refractivity contribution in [3.05, 3.63) is 30.6 Å². The lowest BCUT2D eigenvalue weighted by Crippen LogP contribution is -2.49. The van der Waals surface area contributed by atoms with Gasteiger partial charge in [-0.3, -0.25) is 15.9 Å². The Kier molecular flexibility index (Phi) is 5.57. The molecule has 1 aliphatic carbocycles. The molecule has 0 spiro atoms. The highest BCUT2D eigenvalue weighted by molar-refractivity contribution is 5.93. The van der Waals surface area contributed by atoms with E-state index in [0.29, 0.717) is 26.2 Å². The van der Waals surface area contributed by atoms with Crippen molar-refractivity contribution in [1.82, 2.24) is 25.1 Å². The standard InChI is InChI=1S/C23H28N8O2/c1-14(2)32-16-5-6-18-17(11-16)21(29-28-18)19-12-20(27-13-26-19)30-7-9-31(10-8-30)23(25)33-22(24)15-3-4-15/h5-6,11-15,24-25H,3-4,7-10H2,1-2H3,(H,28,29). The zero-order valence-corrected chi connectivity index (χ0v) is 18.8. The van der Waals surface area contributed by atoms with Gasteiger partial charge in [-0.1, -0.05) is 0 Å². The van der Waals surface area contributed by atoms with Gasteiger partial charge in [0.15, 0.2) is 5.90 Å². The quantitative estimate of drug-likeness (QED) is 0.404. The number of hydrogen-bond donors (Lipinski definition) is 3. The van der Waals surface area contributed by atoms with E-state index in [-0.39, 0.29) is 23.9 Å². The van der Waals surface area contributed by atoms with Crippen molar-refractivity contribution in [2.75, 3.05) is 31.1 Å². The maximum Gasteiger partial charge on any atom is 0.291 e. The van der Waals surface area contributed by atoms with Crippen molar-refractivity contribution in [3.63, 3.8) is 0 Å². The molecule has 33 heavy (non-hydrogen) atoms. The highest BCUT2D eigenvalue weighted by atomic mass is 16.5. The fourth-order valence-corrected chi connectivity index (χ4v) is 3.92. The number of benzene rings is 1. The van der Waals surface area contributed by atoms with E-state index in [1.165, 1.54) is 0 Å². The first kappa shape index (κ1) is 21.2. The largest absolute Gasteiger partial charge is 0.491 e. The van der Waals surface area contributed by atoms with Crippen molar-refractivity contribution in [2.45, 2.75) is 32.8 Å². The molecule has 0 amide bonds. The normalized spacial score (nSPS) is 16.3. The summed E-state index contributed by atoms with van der Waals surface area (Å²) in [5.41, 5.74) is 2.42. The molecule has 1 saturated heterocycles. The maximum absolute atomic E-state index is 8.17. The first-order chi connectivity index (χ1) is 16.0. The molecule has 5 rings (SSSR count). The highest BCUT2D eigenvalue weighted by Gasteiger charge is 2.30. The second kappa shape index (κ2) is 8.68. The third-order valence-corrected chi connectivity index (χ3v) is 5.85. The lowest BCUT2D eigenvalue weighted by molar-refractivity contribution is 0.243. The maximum atomic E-state index is 8.17. The zero-order chi connectivity index (χ0) is 22.9. The highest BCUT2D eigenvalue weighted by Crippen LogP contribution is 2.31. The summed E-state index contributed by atoms with van der Waals surface area (Å²) >= 11 is 0. The molecule has 1 aromatic carbocycles. The van der Waals surface area contributed by atoms with E-state index in [1.807, 2.05) is 43.0 Å². The van der Waals surface area contributed by atoms with Gasteiger partial charge in [-0.2, -0.15) is 5.10 Å². The van der Waals surface area contributed by atoms with Gasteiger partial charge < -0.3 is 19.3 Å². The molecule has 10 nitrogen and oxygen atoms in total. The molecule has 172 valence electrons. The minimum absolute atomic E-state index is 0.0670. The second-order valence-corrected chi connectivity index (χ2v) is 8.73. The van der Waals surface area contributed by atoms with Crippen molar-refractivity contribution < 1.29 is 9.47 Å². The molecule has 1 aliphatic heterocycles. The molecular formula is C23H28N8O2. The third kappa shape index (κ3) is 4.59. The van der Waals surface area contributed by atoms with Crippen molar-refractivity contribution >= 4 is 28.6 Å². The summed E-state index contributed by atoms with van der Waals surface area (Å²) in [6, 6.07) is 7.90. The SMILES string of the molecule is CC(C)Oc1ccc2[nH]nc(-c3cc(N4CCN(C(=N)OC(=N)C5CC5)CC4)ncn3)c2c1. The number of nitrogens with zero attached hydrogens (tertiary/aromatic N) is 5. The number of aromatic nitrogens is 4. The van der Waals surface area contributed by atoms with E-state index in [0.717, 1.165) is 46.7 Å². The topological polar surface area (TPSA) is 127 Å². The van der Waals surface area contributed by atoms with Gasteiger partial charge in [0.05, 0.1) is 17.3 Å². The summed E-state index contributed by atoms with van der Waals surface area (Å²) in [4.78, 5) is 13.0. The molecule has 3 heterocycles. The van der Waals surface area contributed by atoms with Crippen molar-refractivity contribution in [3.8, 4) is 17.1 Å². The Morgan fingerprint density at radius 3 is 2.61 bits per heavy atom. The minimum atomic E-state index is 0.0670. The number of H-pyrrole nitrogens is 1. The summed E-state index contributed by atoms with van der Waals surface area (Å²) in [6.07, 6.45) is 3.64. The van der Waals surface area contributed by atoms with Crippen LogP contribution in [0.15, 0.2) is 30.6 Å². The van der Waals surface area contributed by atoms with Crippen LogP contribution < -0.4 is 9.64 Å². The van der Waals surface area contributed by atoms with Crippen LogP contribution in [-0.2, 0) is 4.74 Å². The molecule has 0 atom stereocenters. The summed E-state index contributed by atoms with van der Waals surface area (Å²) in [6.45, 7) is 6.68. The van der Waals surface area contributed by atoms with Crippen LogP contribution in [0, 0.1) is 16.7 Å². The molecule has 2 fully saturated rings. The van der Waals surface area contributed by atoms with Crippen LogP contribution >= 0.6 is 0 Å². The monoisotopic (exact) mass is 448 g/mol. The lowest BCUT2D eigenvalue weighted by Gasteiger charge is -2.35. The van der Waals surface area contributed by atoms with Crippen LogP contribution in [0.5, 0.6) is 5.75 Å². The van der Waals surface area contributed by atoms with Crippen molar-refractivity contribution in [2.24, 2.45) is 5.92 Å². The van der Waals surface area contributed by atoms with Gasteiger partial charge >= 0.3 is 0 Å². The molecular weight excluding hydrogens is 420 g/mol. The zero-order valence-electron chi connectivity index (χ0n) is 18.8. The first-order valence-electron chi connectivity index (χ1n) is 11.3. The van der Waals surface area contributed by atoms with Crippen LogP contribution in [0.1, 0.15) is 26.7 Å². The molecule has 3 aromatic rings. The van der Waals surface area contributed by atoms with Crippen LogP contribution in [0.25, 0.3) is 22.3 Å². The van der Waals surface area contributed by atoms with E-state index in [9.17, 15) is 0 Å². The molecule has 1 saturated carbocycles. The van der Waals surface area contributed by atoms with Crippen LogP contribution in [0.4, 0.5) is 5.82 Å². The van der Waals surface area contributed by atoms with Crippen LogP contribution in [0.2, 0.25) is 0 Å². The minimum Gasteiger partial charge on any atom is -0.491 e. The molecule has 0 radical (unpaired) electrons. The van der Waals surface area contributed by atoms with E-state index in [1.54, 1.807) is 6.33 Å². The Balaban J connectivity index is 1.29. The summed E-state index contributed by atoms with van der Waals surface area (Å²) < 4.78 is 11.3. The number of nitrogens with one attached hydrogen (secondary N) is 3. The van der Waals surface area contributed by atoms with E-state index >= 15 is 0 Å². The number of anilines is 1. The predicted octanol–water partition coefficient (Wildman–Crippen LogP) is 3.27. The Hall–Kier alpha value is -3.69. The number of amidine groups is 1. The number of aromatic amines is 1. The Morgan fingerprint density at radius 2 is 1.88 bits per heavy atom. The molecule has 3 N–H and O–H groups in total. The summed E-state index contributed by atoms with van der Waals surface area (Å²) in [7, 11) is 0. The smallest absolute Gasteiger partial charge is 0.291 e. The summed E-state index contributed by atoms with van der Waals surface area (Å²) in [5.74, 6) is 2.04. The number of fused-ring (bicyclic) bond motifs is 1. The fourth-order valence-electron chi connectivity index (χ4n) is 3.92. The predicted molar refractivity (Wildman–Crippen MR) is 126 cm³/mol. The molecule has 2 aromatic heterocycles. The number of piperazine rings is 1.